The van der Waals surface area contributed by atoms with E-state index in [0.717, 1.165) is 0 Å². The van der Waals surface area contributed by atoms with Crippen molar-refractivity contribution in [2.45, 2.75) is 10.0 Å². The van der Waals surface area contributed by atoms with Gasteiger partial charge in [-0.15, -0.1) is 0 Å². The third kappa shape index (κ3) is 3.50. The van der Waals surface area contributed by atoms with Crippen LogP contribution in [0, 0.1) is 0 Å². The fraction of sp³-hybridized carbons (Fsp3) is 0.167. The van der Waals surface area contributed by atoms with Crippen LogP contribution in [0.4, 0.5) is 0 Å². The molecule has 0 bridgehead atoms. The molecule has 0 saturated heterocycles. The van der Waals surface area contributed by atoms with Crippen LogP contribution in [0.15, 0.2) is 66.2 Å². The van der Waals surface area contributed by atoms with Gasteiger partial charge in [-0.1, -0.05) is 42.5 Å². The molecule has 0 aliphatic carbocycles. The molecule has 1 unspecified atom stereocenters. The minimum atomic E-state index is -4.77. The molecule has 0 amide bonds. The molecule has 2 aromatic rings. The number of rotatable bonds is 6. The van der Waals surface area contributed by atoms with E-state index >= 15 is 0 Å². The van der Waals surface area contributed by atoms with Crippen LogP contribution in [0.1, 0.15) is 11.1 Å². The van der Waals surface area contributed by atoms with E-state index in [0.29, 0.717) is 5.75 Å². The van der Waals surface area contributed by atoms with Crippen molar-refractivity contribution in [1.82, 2.24) is 0 Å². The average molecular weight is 405 g/mol. The van der Waals surface area contributed by atoms with Crippen molar-refractivity contribution in [2.75, 3.05) is 7.11 Å². The molecule has 6 radical (unpaired) electrons. The van der Waals surface area contributed by atoms with E-state index < -0.39 is 37.6 Å². The van der Waals surface area contributed by atoms with E-state index in [1.54, 1.807) is 30.3 Å². The second-order valence-corrected chi connectivity index (χ2v) is 8.04. The number of methoxy groups -OCH3 is 1. The predicted octanol–water partition coefficient (Wildman–Crippen LogP) is 0.237. The zero-order chi connectivity index (χ0) is 21.4. The van der Waals surface area contributed by atoms with Crippen molar-refractivity contribution in [2.24, 2.45) is 5.73 Å². The highest BCUT2D eigenvalue weighted by molar-refractivity contribution is 7.90. The molecule has 2 aromatic carbocycles. The third-order valence-corrected chi connectivity index (χ3v) is 5.82. The summed E-state index contributed by atoms with van der Waals surface area (Å²) in [6.07, 6.45) is 0. The van der Waals surface area contributed by atoms with E-state index in [2.05, 4.69) is 0 Å². The van der Waals surface area contributed by atoms with E-state index in [-0.39, 0.29) is 11.1 Å². The van der Waals surface area contributed by atoms with Crippen LogP contribution in [-0.2, 0) is 33.9 Å². The number of carbonyl (C=O) groups excluding carboxylic acids is 1. The average Bonchev–Trinajstić information content (AvgIpc) is 2.92. The van der Waals surface area contributed by atoms with Gasteiger partial charge in [0.2, 0.25) is 17.4 Å². The summed E-state index contributed by atoms with van der Waals surface area (Å²) in [5.41, 5.74) is 3.80. The molecule has 0 aromatic heterocycles. The molecule has 0 saturated carbocycles. The molecule has 0 spiro atoms. The number of nitrogens with two attached hydrogens (primary N) is 1. The first-order valence-electron chi connectivity index (χ1n) is 8.27. The minimum absolute atomic E-state index is 0.0392. The Morgan fingerprint density at radius 2 is 1.76 bits per heavy atom. The second kappa shape index (κ2) is 7.22. The maximum Gasteiger partial charge on any atom is 0.302 e. The first-order chi connectivity index (χ1) is 13.5. The quantitative estimate of drug-likeness (QED) is 0.543. The Hall–Kier alpha value is -2.81. The summed E-state index contributed by atoms with van der Waals surface area (Å²) >= 11 is 0. The molecule has 3 rings (SSSR count). The standard InChI is InChI=1S/C18H14B3NO6S/c1-26-13-9-5-8-12(10-13)17(19)15(23)14(16(22)27-17)28-29(24,25)18(20,21)11-6-3-2-4-7-11/h2-10H,22H2,1H3. The Kier molecular flexibility index (Phi) is 5.21. The molecule has 7 nitrogen and oxygen atoms in total. The maximum absolute atomic E-state index is 12.9. The molecule has 11 heteroatoms. The lowest BCUT2D eigenvalue weighted by Gasteiger charge is -2.26. The predicted molar refractivity (Wildman–Crippen MR) is 107 cm³/mol. The Morgan fingerprint density at radius 1 is 1.10 bits per heavy atom. The van der Waals surface area contributed by atoms with Crippen LogP contribution in [-0.4, -0.2) is 44.8 Å². The van der Waals surface area contributed by atoms with Gasteiger partial charge in [0.05, 0.1) is 27.3 Å². The lowest BCUT2D eigenvalue weighted by atomic mass is 9.65. The van der Waals surface area contributed by atoms with Gasteiger partial charge in [-0.2, -0.15) is 8.42 Å². The second-order valence-electron chi connectivity index (χ2n) is 6.29. The molecular formula is C18H14B3NO6S. The lowest BCUT2D eigenvalue weighted by molar-refractivity contribution is -0.126. The number of ketones is 1. The number of ether oxygens (including phenoxy) is 2. The van der Waals surface area contributed by atoms with Crippen LogP contribution >= 0.6 is 0 Å². The van der Waals surface area contributed by atoms with Gasteiger partial charge < -0.3 is 19.4 Å². The van der Waals surface area contributed by atoms with Gasteiger partial charge in [-0.25, -0.2) is 0 Å². The first kappa shape index (κ1) is 20.9. The zero-order valence-electron chi connectivity index (χ0n) is 15.4. The SMILES string of the molecule is [B]C1(c2cccc(OC)c2)OC(N)=C(OS(=O)(=O)C([B])([B])c2ccccc2)C1=O. The number of benzene rings is 2. The Bertz CT molecular complexity index is 1090. The highest BCUT2D eigenvalue weighted by Crippen LogP contribution is 2.38. The summed E-state index contributed by atoms with van der Waals surface area (Å²) in [6, 6.07) is 13.7. The molecule has 142 valence electrons. The monoisotopic (exact) mass is 405 g/mol. The summed E-state index contributed by atoms with van der Waals surface area (Å²) in [5, 5.41) is 0. The van der Waals surface area contributed by atoms with E-state index in [9.17, 15) is 13.2 Å². The van der Waals surface area contributed by atoms with Gasteiger partial charge in [0.1, 0.15) is 13.6 Å². The Morgan fingerprint density at radius 3 is 2.38 bits per heavy atom. The number of hydrogen-bond acceptors (Lipinski definition) is 7. The summed E-state index contributed by atoms with van der Waals surface area (Å²) in [4.78, 5) is 12.9. The van der Waals surface area contributed by atoms with Crippen LogP contribution in [0.25, 0.3) is 0 Å². The lowest BCUT2D eigenvalue weighted by Crippen LogP contribution is -2.40. The summed E-state index contributed by atoms with van der Waals surface area (Å²) in [6.45, 7) is 0. The fourth-order valence-corrected chi connectivity index (χ4v) is 3.63. The largest absolute Gasteiger partial charge is 0.497 e. The van der Waals surface area contributed by atoms with Gasteiger partial charge in [-0.3, -0.25) is 4.79 Å². The maximum atomic E-state index is 12.9. The summed E-state index contributed by atoms with van der Waals surface area (Å²) in [7, 11) is 14.3. The van der Waals surface area contributed by atoms with Crippen molar-refractivity contribution in [3.63, 3.8) is 0 Å². The molecule has 1 aliphatic rings. The smallest absolute Gasteiger partial charge is 0.302 e. The molecule has 2 N–H and O–H groups in total. The first-order valence-corrected chi connectivity index (χ1v) is 9.68. The highest BCUT2D eigenvalue weighted by atomic mass is 32.2. The molecule has 1 heterocycles. The van der Waals surface area contributed by atoms with Crippen LogP contribution in [0.2, 0.25) is 0 Å². The fourth-order valence-electron chi connectivity index (χ4n) is 2.69. The highest BCUT2D eigenvalue weighted by Gasteiger charge is 2.50. The van der Waals surface area contributed by atoms with Crippen LogP contribution < -0.4 is 10.5 Å². The van der Waals surface area contributed by atoms with Crippen molar-refractivity contribution >= 4 is 39.4 Å². The molecule has 1 aliphatic heterocycles. The summed E-state index contributed by atoms with van der Waals surface area (Å²) in [5.74, 6) is -2.05. The summed E-state index contributed by atoms with van der Waals surface area (Å²) < 4.78 is 38.3. The van der Waals surface area contributed by atoms with Crippen molar-refractivity contribution in [3.05, 3.63) is 77.4 Å². The van der Waals surface area contributed by atoms with Gasteiger partial charge in [0, 0.05) is 0 Å². The van der Waals surface area contributed by atoms with Gasteiger partial charge in [0.15, 0.2) is 5.50 Å². The Balaban J connectivity index is 1.94. The topological polar surface area (TPSA) is 105 Å². The number of hydrogen-bond donors (Lipinski definition) is 1. The minimum Gasteiger partial charge on any atom is -0.497 e. The van der Waals surface area contributed by atoms with E-state index in [1.807, 2.05) is 0 Å². The van der Waals surface area contributed by atoms with Crippen molar-refractivity contribution in [1.29, 1.82) is 0 Å². The van der Waals surface area contributed by atoms with Crippen molar-refractivity contribution in [3.8, 4) is 5.75 Å². The molecule has 1 atom stereocenters. The van der Waals surface area contributed by atoms with Gasteiger partial charge in [-0.05, 0) is 23.3 Å². The zero-order valence-corrected chi connectivity index (χ0v) is 16.2. The van der Waals surface area contributed by atoms with Crippen molar-refractivity contribution < 1.29 is 26.9 Å². The van der Waals surface area contributed by atoms with Gasteiger partial charge in [0.25, 0.3) is 0 Å². The van der Waals surface area contributed by atoms with Crippen LogP contribution in [0.3, 0.4) is 0 Å². The molecule has 0 fully saturated rings. The Labute approximate surface area is 172 Å². The van der Waals surface area contributed by atoms with Gasteiger partial charge >= 0.3 is 10.1 Å². The number of Topliss-reactive ketones (excluding diaryl/α,β-unsaturated/α-hetero) is 1. The molecular weight excluding hydrogens is 391 g/mol. The van der Waals surface area contributed by atoms with Crippen LogP contribution in [0.5, 0.6) is 5.75 Å². The van der Waals surface area contributed by atoms with E-state index in [4.69, 9.17) is 42.9 Å². The third-order valence-electron chi connectivity index (χ3n) is 4.37. The van der Waals surface area contributed by atoms with E-state index in [1.165, 1.54) is 31.4 Å². The number of carbonyl (C=O) groups is 1. The molecule has 29 heavy (non-hydrogen) atoms. The normalized spacial score (nSPS) is 19.7.